The van der Waals surface area contributed by atoms with Crippen LogP contribution < -0.4 is 10.5 Å². The van der Waals surface area contributed by atoms with Gasteiger partial charge in [-0.15, -0.1) is 0 Å². The number of hydrogen-bond donors (Lipinski definition) is 2. The van der Waals surface area contributed by atoms with Crippen LogP contribution in [0.4, 0.5) is 0 Å². The molecule has 0 aliphatic heterocycles. The molecule has 0 aromatic heterocycles. The molecule has 3 aromatic rings. The molecule has 1 amide bonds. The molecule has 3 N–H and O–H groups in total. The molecule has 0 aliphatic rings. The molecular weight excluding hydrogens is 420 g/mol. The predicted molar refractivity (Wildman–Crippen MR) is 134 cm³/mol. The summed E-state index contributed by atoms with van der Waals surface area (Å²) in [6.45, 7) is 11.0. The van der Waals surface area contributed by atoms with Gasteiger partial charge < -0.3 is 5.32 Å². The summed E-state index contributed by atoms with van der Waals surface area (Å²) in [4.78, 5) is 11.1. The first-order valence-corrected chi connectivity index (χ1v) is 11.2. The van der Waals surface area contributed by atoms with E-state index in [1.807, 2.05) is 72.8 Å². The van der Waals surface area contributed by atoms with E-state index in [9.17, 15) is 13.2 Å². The molecule has 0 unspecified atom stereocenters. The van der Waals surface area contributed by atoms with E-state index in [-0.39, 0.29) is 10.8 Å². The summed E-state index contributed by atoms with van der Waals surface area (Å²) in [5, 5.41) is 7.31. The van der Waals surface area contributed by atoms with Crippen molar-refractivity contribution in [3.8, 4) is 0 Å². The fourth-order valence-electron chi connectivity index (χ4n) is 2.30. The van der Waals surface area contributed by atoms with Crippen LogP contribution in [0.3, 0.4) is 0 Å². The summed E-state index contributed by atoms with van der Waals surface area (Å²) >= 11 is 0. The first-order valence-electron chi connectivity index (χ1n) is 9.62. The molecular formula is C26H28N2O3S. The van der Waals surface area contributed by atoms with Gasteiger partial charge in [0.2, 0.25) is 10.0 Å². The Morgan fingerprint density at radius 1 is 0.750 bits per heavy atom. The fraction of sp³-hybridized carbons (Fsp3) is 0.0385. The maximum absolute atomic E-state index is 11.1. The van der Waals surface area contributed by atoms with Crippen molar-refractivity contribution in [2.24, 2.45) is 5.14 Å². The van der Waals surface area contributed by atoms with Gasteiger partial charge in [0.25, 0.3) is 5.91 Å². The van der Waals surface area contributed by atoms with E-state index in [0.29, 0.717) is 5.56 Å². The van der Waals surface area contributed by atoms with Crippen molar-refractivity contribution in [3.05, 3.63) is 121 Å². The second-order valence-corrected chi connectivity index (χ2v) is 7.90. The lowest BCUT2D eigenvalue weighted by molar-refractivity contribution is 0.0963. The number of benzene rings is 3. The number of carbonyl (C=O) groups excluding carboxylic acids is 1. The van der Waals surface area contributed by atoms with Crippen LogP contribution in [0.2, 0.25) is 0 Å². The summed E-state index contributed by atoms with van der Waals surface area (Å²) < 4.78 is 21.7. The van der Waals surface area contributed by atoms with E-state index in [4.69, 9.17) is 5.14 Å². The molecule has 3 aromatic carbocycles. The van der Waals surface area contributed by atoms with Crippen molar-refractivity contribution in [1.82, 2.24) is 5.32 Å². The lowest BCUT2D eigenvalue weighted by atomic mass is 10.1. The Balaban J connectivity index is 0.000000251. The minimum Gasteiger partial charge on any atom is -0.355 e. The highest BCUT2D eigenvalue weighted by Gasteiger charge is 2.08. The Bertz CT molecular complexity index is 1090. The summed E-state index contributed by atoms with van der Waals surface area (Å²) in [6.07, 6.45) is 5.49. The van der Waals surface area contributed by atoms with Crippen molar-refractivity contribution in [2.75, 3.05) is 7.05 Å². The fourth-order valence-corrected chi connectivity index (χ4v) is 2.81. The van der Waals surface area contributed by atoms with E-state index >= 15 is 0 Å². The molecule has 0 saturated carbocycles. The Hall–Kier alpha value is -3.74. The zero-order valence-electron chi connectivity index (χ0n) is 18.1. The van der Waals surface area contributed by atoms with Crippen molar-refractivity contribution in [3.63, 3.8) is 0 Å². The number of nitrogens with two attached hydrogens (primary N) is 1. The molecule has 0 radical (unpaired) electrons. The lowest BCUT2D eigenvalue weighted by Crippen LogP contribution is -2.18. The lowest BCUT2D eigenvalue weighted by Gasteiger charge is -2.00. The van der Waals surface area contributed by atoms with Crippen LogP contribution in [0, 0.1) is 0 Å². The van der Waals surface area contributed by atoms with E-state index in [2.05, 4.69) is 25.1 Å². The van der Waals surface area contributed by atoms with Gasteiger partial charge in [-0.1, -0.05) is 92.6 Å². The number of amides is 1. The Kier molecular flexibility index (Phi) is 11.1. The van der Waals surface area contributed by atoms with E-state index in [1.165, 1.54) is 36.9 Å². The Morgan fingerprint density at radius 3 is 1.47 bits per heavy atom. The van der Waals surface area contributed by atoms with Crippen LogP contribution in [0.1, 0.15) is 27.0 Å². The molecule has 0 bridgehead atoms. The van der Waals surface area contributed by atoms with Gasteiger partial charge >= 0.3 is 0 Å². The van der Waals surface area contributed by atoms with Gasteiger partial charge in [0, 0.05) is 12.6 Å². The second kappa shape index (κ2) is 13.5. The third kappa shape index (κ3) is 9.38. The quantitative estimate of drug-likeness (QED) is 0.576. The largest absolute Gasteiger partial charge is 0.355 e. The predicted octanol–water partition coefficient (Wildman–Crippen LogP) is 5.00. The monoisotopic (exact) mass is 448 g/mol. The number of nitrogens with one attached hydrogen (secondary N) is 1. The van der Waals surface area contributed by atoms with E-state index in [0.717, 1.165) is 11.1 Å². The van der Waals surface area contributed by atoms with Gasteiger partial charge in [-0.25, -0.2) is 13.6 Å². The van der Waals surface area contributed by atoms with E-state index in [1.54, 1.807) is 0 Å². The van der Waals surface area contributed by atoms with Gasteiger partial charge in [0.15, 0.2) is 0 Å². The molecule has 6 heteroatoms. The van der Waals surface area contributed by atoms with Gasteiger partial charge in [-0.2, -0.15) is 0 Å². The molecule has 0 heterocycles. The van der Waals surface area contributed by atoms with Crippen LogP contribution in [0.25, 0.3) is 18.2 Å². The molecule has 0 saturated heterocycles. The van der Waals surface area contributed by atoms with Gasteiger partial charge in [0.1, 0.15) is 0 Å². The Morgan fingerprint density at radius 2 is 1.16 bits per heavy atom. The maximum atomic E-state index is 11.1. The first-order chi connectivity index (χ1) is 15.2. The Labute approximate surface area is 190 Å². The van der Waals surface area contributed by atoms with Crippen LogP contribution in [-0.4, -0.2) is 21.4 Å². The number of rotatable bonds is 5. The molecule has 0 spiro atoms. The minimum absolute atomic E-state index is 0.00912. The molecule has 0 aliphatic carbocycles. The number of carbonyl (C=O) groups is 1. The molecule has 32 heavy (non-hydrogen) atoms. The standard InChI is InChI=1S/C10H10.C8H10N2O3S.C8H8/c1-3-9-5-7-10(4-2)8-6-9;1-10-8(11)6-2-4-7(5-3-6)14(9,12)13;1-2-8-6-4-3-5-7-8/h3-8H,1-2H2;2-5H,1H3,(H,10,11)(H2,9,12,13);2-7H,1H2. The third-order valence-corrected chi connectivity index (χ3v) is 5.04. The topological polar surface area (TPSA) is 89.3 Å². The smallest absolute Gasteiger partial charge is 0.251 e. The zero-order chi connectivity index (χ0) is 24.0. The molecule has 166 valence electrons. The highest BCUT2D eigenvalue weighted by molar-refractivity contribution is 7.89. The number of sulfonamides is 1. The summed E-state index contributed by atoms with van der Waals surface area (Å²) in [5.41, 5.74) is 3.85. The van der Waals surface area contributed by atoms with Crippen LogP contribution in [0.15, 0.2) is 103 Å². The van der Waals surface area contributed by atoms with Crippen molar-refractivity contribution < 1.29 is 13.2 Å². The van der Waals surface area contributed by atoms with Crippen LogP contribution in [-0.2, 0) is 10.0 Å². The molecule has 3 rings (SSSR count). The van der Waals surface area contributed by atoms with E-state index < -0.39 is 10.0 Å². The summed E-state index contributed by atoms with van der Waals surface area (Å²) in [7, 11) is -2.19. The minimum atomic E-state index is -3.68. The highest BCUT2D eigenvalue weighted by Crippen LogP contribution is 2.08. The normalized spacial score (nSPS) is 9.69. The van der Waals surface area contributed by atoms with Crippen molar-refractivity contribution in [2.45, 2.75) is 4.90 Å². The number of hydrogen-bond acceptors (Lipinski definition) is 3. The average molecular weight is 449 g/mol. The van der Waals surface area contributed by atoms with Gasteiger partial charge in [0.05, 0.1) is 4.90 Å². The average Bonchev–Trinajstić information content (AvgIpc) is 2.84. The third-order valence-electron chi connectivity index (χ3n) is 4.12. The van der Waals surface area contributed by atoms with Crippen molar-refractivity contribution in [1.29, 1.82) is 0 Å². The zero-order valence-corrected chi connectivity index (χ0v) is 18.9. The van der Waals surface area contributed by atoms with Gasteiger partial charge in [-0.05, 0) is 41.0 Å². The molecule has 5 nitrogen and oxygen atoms in total. The summed E-state index contributed by atoms with van der Waals surface area (Å²) in [6, 6.07) is 23.5. The first kappa shape index (κ1) is 26.3. The SMILES string of the molecule is C=Cc1ccc(C=C)cc1.C=Cc1ccccc1.CNC(=O)c1ccc(S(N)(=O)=O)cc1. The maximum Gasteiger partial charge on any atom is 0.251 e. The van der Waals surface area contributed by atoms with Crippen molar-refractivity contribution >= 4 is 34.2 Å². The second-order valence-electron chi connectivity index (χ2n) is 6.34. The van der Waals surface area contributed by atoms with Gasteiger partial charge in [-0.3, -0.25) is 4.79 Å². The molecule has 0 fully saturated rings. The van der Waals surface area contributed by atoms with Crippen LogP contribution >= 0.6 is 0 Å². The molecule has 0 atom stereocenters. The highest BCUT2D eigenvalue weighted by atomic mass is 32.2. The number of primary sulfonamides is 1. The summed E-state index contributed by atoms with van der Waals surface area (Å²) in [5.74, 6) is -0.272. The van der Waals surface area contributed by atoms with Crippen LogP contribution in [0.5, 0.6) is 0 Å².